The number of nitrogens with one attached hydrogen (secondary N) is 1. The zero-order chi connectivity index (χ0) is 12.0. The van der Waals surface area contributed by atoms with Crippen LogP contribution >= 0.6 is 11.9 Å². The first-order valence-electron chi connectivity index (χ1n) is 4.72. The average Bonchev–Trinajstić information content (AvgIpc) is 2.29. The molecular formula is C11H14N2O2S. The highest BCUT2D eigenvalue weighted by Gasteiger charge is 2.08. The van der Waals surface area contributed by atoms with E-state index in [4.69, 9.17) is 10.8 Å². The first-order chi connectivity index (χ1) is 7.61. The lowest BCUT2D eigenvalue weighted by atomic mass is 10.2. The Morgan fingerprint density at radius 2 is 2.12 bits per heavy atom. The molecule has 1 amide bonds. The standard InChI is InChI=1S/C11H14N2O2S/c1-8(14)10(12)7-16-13-11(15)9-5-3-2-4-6-9/h2-6,10,14H,1,7,12H2,(H,13,15). The van der Waals surface area contributed by atoms with Gasteiger partial charge in [-0.05, 0) is 24.1 Å². The quantitative estimate of drug-likeness (QED) is 0.536. The summed E-state index contributed by atoms with van der Waals surface area (Å²) in [5.41, 5.74) is 6.11. The van der Waals surface area contributed by atoms with Crippen molar-refractivity contribution in [1.82, 2.24) is 4.72 Å². The maximum atomic E-state index is 11.5. The normalized spacial score (nSPS) is 11.8. The molecule has 16 heavy (non-hydrogen) atoms. The molecule has 5 heteroatoms. The van der Waals surface area contributed by atoms with Crippen LogP contribution in [0.15, 0.2) is 42.7 Å². The van der Waals surface area contributed by atoms with Crippen LogP contribution in [0.1, 0.15) is 10.4 Å². The molecule has 0 aliphatic carbocycles. The molecule has 86 valence electrons. The number of nitrogens with two attached hydrogens (primary N) is 1. The van der Waals surface area contributed by atoms with Gasteiger partial charge in [-0.25, -0.2) is 0 Å². The van der Waals surface area contributed by atoms with Gasteiger partial charge in [0, 0.05) is 11.3 Å². The first kappa shape index (κ1) is 12.6. The number of amides is 1. The second kappa shape index (κ2) is 6.19. The van der Waals surface area contributed by atoms with E-state index in [0.717, 1.165) is 11.9 Å². The second-order valence-electron chi connectivity index (χ2n) is 3.21. The van der Waals surface area contributed by atoms with Crippen molar-refractivity contribution in [1.29, 1.82) is 0 Å². The Bertz CT molecular complexity index is 368. The van der Waals surface area contributed by atoms with E-state index >= 15 is 0 Å². The van der Waals surface area contributed by atoms with Crippen molar-refractivity contribution in [3.63, 3.8) is 0 Å². The monoisotopic (exact) mass is 238 g/mol. The minimum Gasteiger partial charge on any atom is -0.511 e. The van der Waals surface area contributed by atoms with Gasteiger partial charge in [-0.2, -0.15) is 0 Å². The number of carbonyl (C=O) groups is 1. The maximum Gasteiger partial charge on any atom is 0.261 e. The summed E-state index contributed by atoms with van der Waals surface area (Å²) in [5.74, 6) is 0.122. The molecule has 0 radical (unpaired) electrons. The number of aliphatic hydroxyl groups is 1. The van der Waals surface area contributed by atoms with Crippen molar-refractivity contribution in [2.75, 3.05) is 5.75 Å². The van der Waals surface area contributed by atoms with E-state index < -0.39 is 6.04 Å². The highest BCUT2D eigenvalue weighted by molar-refractivity contribution is 7.98. The van der Waals surface area contributed by atoms with Crippen molar-refractivity contribution < 1.29 is 9.90 Å². The van der Waals surface area contributed by atoms with Crippen molar-refractivity contribution in [2.24, 2.45) is 5.73 Å². The van der Waals surface area contributed by atoms with E-state index in [1.165, 1.54) is 0 Å². The molecule has 0 aliphatic heterocycles. The Morgan fingerprint density at radius 1 is 1.50 bits per heavy atom. The molecule has 0 bridgehead atoms. The van der Waals surface area contributed by atoms with Crippen LogP contribution in [-0.2, 0) is 0 Å². The Morgan fingerprint density at radius 3 is 2.69 bits per heavy atom. The molecule has 0 saturated carbocycles. The van der Waals surface area contributed by atoms with Gasteiger partial charge >= 0.3 is 0 Å². The summed E-state index contributed by atoms with van der Waals surface area (Å²) in [7, 11) is 0. The predicted molar refractivity (Wildman–Crippen MR) is 66.1 cm³/mol. The molecule has 1 atom stereocenters. The number of benzene rings is 1. The van der Waals surface area contributed by atoms with Gasteiger partial charge in [-0.1, -0.05) is 24.8 Å². The maximum absolute atomic E-state index is 11.5. The zero-order valence-electron chi connectivity index (χ0n) is 8.72. The lowest BCUT2D eigenvalue weighted by molar-refractivity contribution is 0.0984. The van der Waals surface area contributed by atoms with Crippen LogP contribution in [0.3, 0.4) is 0 Å². The van der Waals surface area contributed by atoms with Crippen LogP contribution in [-0.4, -0.2) is 22.8 Å². The summed E-state index contributed by atoms with van der Waals surface area (Å²) < 4.78 is 2.63. The molecule has 0 heterocycles. The Kier molecular flexibility index (Phi) is 4.88. The summed E-state index contributed by atoms with van der Waals surface area (Å²) in [6.07, 6.45) is 0. The fourth-order valence-electron chi connectivity index (χ4n) is 0.942. The lowest BCUT2D eigenvalue weighted by Gasteiger charge is -2.09. The highest BCUT2D eigenvalue weighted by atomic mass is 32.2. The van der Waals surface area contributed by atoms with Gasteiger partial charge in [0.15, 0.2) is 0 Å². The predicted octanol–water partition coefficient (Wildman–Crippen LogP) is 1.46. The van der Waals surface area contributed by atoms with Gasteiger partial charge in [0.05, 0.1) is 6.04 Å². The molecular weight excluding hydrogens is 224 g/mol. The zero-order valence-corrected chi connectivity index (χ0v) is 9.54. The highest BCUT2D eigenvalue weighted by Crippen LogP contribution is 2.04. The van der Waals surface area contributed by atoms with Gasteiger partial charge in [0.2, 0.25) is 0 Å². The molecule has 0 saturated heterocycles. The van der Waals surface area contributed by atoms with Crippen LogP contribution in [0.2, 0.25) is 0 Å². The van der Waals surface area contributed by atoms with Crippen molar-refractivity contribution in [3.8, 4) is 0 Å². The molecule has 1 aromatic rings. The summed E-state index contributed by atoms with van der Waals surface area (Å²) in [4.78, 5) is 11.5. The summed E-state index contributed by atoms with van der Waals surface area (Å²) in [6.45, 7) is 3.32. The second-order valence-corrected chi connectivity index (χ2v) is 4.03. The Balaban J connectivity index is 2.34. The topological polar surface area (TPSA) is 75.3 Å². The fraction of sp³-hybridized carbons (Fsp3) is 0.182. The first-order valence-corrected chi connectivity index (χ1v) is 5.70. The van der Waals surface area contributed by atoms with E-state index in [1.54, 1.807) is 24.3 Å². The molecule has 4 nitrogen and oxygen atoms in total. The van der Waals surface area contributed by atoms with Crippen LogP contribution in [0.25, 0.3) is 0 Å². The molecule has 0 spiro atoms. The van der Waals surface area contributed by atoms with Crippen LogP contribution in [0, 0.1) is 0 Å². The van der Waals surface area contributed by atoms with Gasteiger partial charge in [-0.15, -0.1) is 0 Å². The van der Waals surface area contributed by atoms with E-state index in [0.29, 0.717) is 11.3 Å². The third-order valence-corrected chi connectivity index (χ3v) is 2.75. The van der Waals surface area contributed by atoms with Gasteiger partial charge in [0.25, 0.3) is 5.91 Å². The van der Waals surface area contributed by atoms with Gasteiger partial charge < -0.3 is 10.8 Å². The summed E-state index contributed by atoms with van der Waals surface area (Å²) >= 11 is 1.15. The van der Waals surface area contributed by atoms with Crippen molar-refractivity contribution in [2.45, 2.75) is 6.04 Å². The third-order valence-electron chi connectivity index (χ3n) is 1.89. The van der Waals surface area contributed by atoms with Gasteiger partial charge in [-0.3, -0.25) is 9.52 Å². The van der Waals surface area contributed by atoms with E-state index in [-0.39, 0.29) is 11.7 Å². The lowest BCUT2D eigenvalue weighted by Crippen LogP contribution is -2.27. The molecule has 0 fully saturated rings. The van der Waals surface area contributed by atoms with Crippen LogP contribution < -0.4 is 10.5 Å². The summed E-state index contributed by atoms with van der Waals surface area (Å²) in [6, 6.07) is 8.35. The van der Waals surface area contributed by atoms with Crippen LogP contribution in [0.5, 0.6) is 0 Å². The molecule has 1 aromatic carbocycles. The van der Waals surface area contributed by atoms with Crippen molar-refractivity contribution in [3.05, 3.63) is 48.2 Å². The number of carbonyl (C=O) groups excluding carboxylic acids is 1. The number of hydrogen-bond acceptors (Lipinski definition) is 4. The third kappa shape index (κ3) is 3.96. The molecule has 1 rings (SSSR count). The largest absolute Gasteiger partial charge is 0.511 e. The summed E-state index contributed by atoms with van der Waals surface area (Å²) in [5, 5.41) is 8.96. The van der Waals surface area contributed by atoms with Gasteiger partial charge in [0.1, 0.15) is 5.76 Å². The van der Waals surface area contributed by atoms with E-state index in [2.05, 4.69) is 11.3 Å². The van der Waals surface area contributed by atoms with E-state index in [9.17, 15) is 4.79 Å². The molecule has 0 aromatic heterocycles. The number of aliphatic hydroxyl groups excluding tert-OH is 1. The number of rotatable bonds is 5. The number of hydrogen-bond donors (Lipinski definition) is 3. The average molecular weight is 238 g/mol. The SMILES string of the molecule is C=C(O)C(N)CSNC(=O)c1ccccc1. The Hall–Kier alpha value is -1.46. The minimum atomic E-state index is -0.527. The molecule has 1 unspecified atom stereocenters. The van der Waals surface area contributed by atoms with Crippen LogP contribution in [0.4, 0.5) is 0 Å². The molecule has 4 N–H and O–H groups in total. The molecule has 0 aliphatic rings. The van der Waals surface area contributed by atoms with Crippen molar-refractivity contribution >= 4 is 17.9 Å². The Labute approximate surface area is 98.7 Å². The smallest absolute Gasteiger partial charge is 0.261 e. The van der Waals surface area contributed by atoms with E-state index in [1.807, 2.05) is 6.07 Å². The minimum absolute atomic E-state index is 0.0820. The fourth-order valence-corrected chi connectivity index (χ4v) is 1.65.